The number of amides is 1. The number of hydrogen-bond donors (Lipinski definition) is 2. The van der Waals surface area contributed by atoms with E-state index in [-0.39, 0.29) is 6.23 Å². The van der Waals surface area contributed by atoms with Crippen LogP contribution in [-0.2, 0) is 9.53 Å². The molecular formula is C8H16N2O2. The Kier molecular flexibility index (Phi) is 8.67. The average molecular weight is 172 g/mol. The monoisotopic (exact) mass is 172 g/mol. The molecule has 1 amide bonds. The minimum atomic E-state index is -0.435. The molecule has 1 atom stereocenters. The predicted octanol–water partition coefficient (Wildman–Crippen LogP) is 0.499. The Bertz CT molecular complexity index is 152. The lowest BCUT2D eigenvalue weighted by Gasteiger charge is -1.99. The molecule has 4 nitrogen and oxygen atoms in total. The van der Waals surface area contributed by atoms with Gasteiger partial charge in [-0.05, 0) is 13.8 Å². The van der Waals surface area contributed by atoms with Gasteiger partial charge in [-0.3, -0.25) is 10.5 Å². The van der Waals surface area contributed by atoms with Crippen LogP contribution in [0.4, 0.5) is 0 Å². The van der Waals surface area contributed by atoms with Crippen molar-refractivity contribution in [2.24, 2.45) is 11.5 Å². The summed E-state index contributed by atoms with van der Waals surface area (Å²) in [4.78, 5) is 9.82. The molecule has 0 heterocycles. The Morgan fingerprint density at radius 1 is 1.67 bits per heavy atom. The highest BCUT2D eigenvalue weighted by Crippen LogP contribution is 1.78. The van der Waals surface area contributed by atoms with E-state index >= 15 is 0 Å². The zero-order valence-electron chi connectivity index (χ0n) is 7.54. The number of rotatable bonds is 3. The molecule has 12 heavy (non-hydrogen) atoms. The predicted molar refractivity (Wildman–Crippen MR) is 48.9 cm³/mol. The summed E-state index contributed by atoms with van der Waals surface area (Å²) < 4.78 is 4.58. The summed E-state index contributed by atoms with van der Waals surface area (Å²) in [7, 11) is 0. The van der Waals surface area contributed by atoms with Gasteiger partial charge in [-0.2, -0.15) is 0 Å². The summed E-state index contributed by atoms with van der Waals surface area (Å²) >= 11 is 0. The molecule has 0 fully saturated rings. The smallest absolute Gasteiger partial charge is 0.243 e. The maximum absolute atomic E-state index is 9.82. The zero-order valence-corrected chi connectivity index (χ0v) is 7.54. The molecule has 0 aromatic rings. The fourth-order valence-electron chi connectivity index (χ4n) is 0.152. The molecule has 0 spiro atoms. The summed E-state index contributed by atoms with van der Waals surface area (Å²) in [5, 5.41) is 0. The van der Waals surface area contributed by atoms with Crippen LogP contribution in [0.1, 0.15) is 13.8 Å². The normalized spacial score (nSPS) is 10.2. The number of carbonyl (C=O) groups excluding carboxylic acids is 1. The van der Waals surface area contributed by atoms with Gasteiger partial charge in [-0.1, -0.05) is 13.2 Å². The Labute approximate surface area is 72.9 Å². The van der Waals surface area contributed by atoms with Gasteiger partial charge in [0, 0.05) is 5.57 Å². The molecule has 4 N–H and O–H groups in total. The molecule has 4 heteroatoms. The minimum absolute atomic E-state index is 0.220. The van der Waals surface area contributed by atoms with E-state index in [2.05, 4.69) is 17.9 Å². The number of carbonyl (C=O) groups is 1. The molecule has 0 saturated heterocycles. The van der Waals surface area contributed by atoms with Crippen molar-refractivity contribution >= 4 is 5.91 Å². The second kappa shape index (κ2) is 7.81. The van der Waals surface area contributed by atoms with Crippen molar-refractivity contribution in [3.05, 3.63) is 25.0 Å². The van der Waals surface area contributed by atoms with E-state index in [1.165, 1.54) is 6.26 Å². The molecule has 0 saturated carbocycles. The zero-order chi connectivity index (χ0) is 10.1. The molecule has 0 aliphatic rings. The first-order valence-electron chi connectivity index (χ1n) is 3.39. The first kappa shape index (κ1) is 13.3. The number of primary amides is 1. The fourth-order valence-corrected chi connectivity index (χ4v) is 0.152. The molecule has 70 valence electrons. The number of nitrogens with two attached hydrogens (primary N) is 2. The lowest BCUT2D eigenvalue weighted by Crippen LogP contribution is -2.15. The average Bonchev–Trinajstić information content (AvgIpc) is 1.87. The van der Waals surface area contributed by atoms with Crippen LogP contribution in [0.15, 0.2) is 25.0 Å². The van der Waals surface area contributed by atoms with Crippen LogP contribution in [0, 0.1) is 0 Å². The first-order valence-corrected chi connectivity index (χ1v) is 3.39. The number of hydrogen-bond acceptors (Lipinski definition) is 3. The van der Waals surface area contributed by atoms with Crippen molar-refractivity contribution in [2.45, 2.75) is 20.1 Å². The lowest BCUT2D eigenvalue weighted by atomic mass is 10.3. The Hall–Kier alpha value is -1.29. The Balaban J connectivity index is 0. The van der Waals surface area contributed by atoms with Gasteiger partial charge in [0.25, 0.3) is 0 Å². The second-order valence-corrected chi connectivity index (χ2v) is 2.15. The molecule has 0 bridgehead atoms. The summed E-state index contributed by atoms with van der Waals surface area (Å²) in [5.41, 5.74) is 10.2. The van der Waals surface area contributed by atoms with Crippen LogP contribution in [0.3, 0.4) is 0 Å². The van der Waals surface area contributed by atoms with Crippen molar-refractivity contribution in [3.63, 3.8) is 0 Å². The van der Waals surface area contributed by atoms with E-state index in [0.717, 1.165) is 0 Å². The quantitative estimate of drug-likeness (QED) is 0.369. The third-order valence-corrected chi connectivity index (χ3v) is 0.732. The molecular weight excluding hydrogens is 156 g/mol. The van der Waals surface area contributed by atoms with Gasteiger partial charge in [-0.15, -0.1) is 0 Å². The maximum atomic E-state index is 9.82. The highest BCUT2D eigenvalue weighted by Gasteiger charge is 1.86. The van der Waals surface area contributed by atoms with Crippen molar-refractivity contribution in [1.29, 1.82) is 0 Å². The van der Waals surface area contributed by atoms with E-state index in [0.29, 0.717) is 5.57 Å². The van der Waals surface area contributed by atoms with Crippen LogP contribution in [-0.4, -0.2) is 12.1 Å². The summed E-state index contributed by atoms with van der Waals surface area (Å²) in [6.07, 6.45) is 1.10. The van der Waals surface area contributed by atoms with E-state index in [4.69, 9.17) is 11.5 Å². The fraction of sp³-hybridized carbons (Fsp3) is 0.375. The molecule has 1 unspecified atom stereocenters. The third kappa shape index (κ3) is 15.9. The van der Waals surface area contributed by atoms with E-state index in [1.54, 1.807) is 13.8 Å². The van der Waals surface area contributed by atoms with Gasteiger partial charge in [0.1, 0.15) is 6.23 Å². The molecule has 0 radical (unpaired) electrons. The SMILES string of the molecule is C=C(C)C(N)=O.C=COC(C)N. The van der Waals surface area contributed by atoms with Crippen LogP contribution < -0.4 is 11.5 Å². The first-order chi connectivity index (χ1) is 5.41. The molecule has 0 rings (SSSR count). The van der Waals surface area contributed by atoms with Crippen molar-refractivity contribution in [1.82, 2.24) is 0 Å². The van der Waals surface area contributed by atoms with Crippen molar-refractivity contribution in [3.8, 4) is 0 Å². The Morgan fingerprint density at radius 3 is 2.00 bits per heavy atom. The third-order valence-electron chi connectivity index (χ3n) is 0.732. The van der Waals surface area contributed by atoms with E-state index in [1.807, 2.05) is 0 Å². The Morgan fingerprint density at radius 2 is 2.00 bits per heavy atom. The van der Waals surface area contributed by atoms with Crippen molar-refractivity contribution in [2.75, 3.05) is 0 Å². The molecule has 0 aliphatic carbocycles. The summed E-state index contributed by atoms with van der Waals surface area (Å²) in [6, 6.07) is 0. The van der Waals surface area contributed by atoms with Crippen LogP contribution in [0.5, 0.6) is 0 Å². The molecule has 0 aliphatic heterocycles. The van der Waals surface area contributed by atoms with Crippen LogP contribution >= 0.6 is 0 Å². The van der Waals surface area contributed by atoms with Gasteiger partial charge in [-0.25, -0.2) is 0 Å². The van der Waals surface area contributed by atoms with Crippen LogP contribution in [0.2, 0.25) is 0 Å². The number of ether oxygens (including phenoxy) is 1. The van der Waals surface area contributed by atoms with Gasteiger partial charge in [0.15, 0.2) is 0 Å². The largest absolute Gasteiger partial charge is 0.484 e. The molecule has 0 aromatic heterocycles. The summed E-state index contributed by atoms with van der Waals surface area (Å²) in [6.45, 7) is 9.89. The van der Waals surface area contributed by atoms with E-state index < -0.39 is 5.91 Å². The minimum Gasteiger partial charge on any atom is -0.484 e. The van der Waals surface area contributed by atoms with Crippen molar-refractivity contribution < 1.29 is 9.53 Å². The topological polar surface area (TPSA) is 78.3 Å². The highest BCUT2D eigenvalue weighted by atomic mass is 16.5. The highest BCUT2D eigenvalue weighted by molar-refractivity contribution is 5.90. The van der Waals surface area contributed by atoms with Gasteiger partial charge in [0.05, 0.1) is 6.26 Å². The summed E-state index contributed by atoms with van der Waals surface area (Å²) in [5.74, 6) is -0.435. The standard InChI is InChI=1S/C4H9NO.C4H7NO/c1-3-6-4(2)5;1-3(2)4(5)6/h3-4H,1,5H2,2H3;1H2,2H3,(H2,5,6). The molecule has 0 aromatic carbocycles. The van der Waals surface area contributed by atoms with Gasteiger partial charge >= 0.3 is 0 Å². The van der Waals surface area contributed by atoms with Gasteiger partial charge in [0.2, 0.25) is 5.91 Å². The van der Waals surface area contributed by atoms with E-state index in [9.17, 15) is 4.79 Å². The lowest BCUT2D eigenvalue weighted by molar-refractivity contribution is -0.114. The maximum Gasteiger partial charge on any atom is 0.243 e. The van der Waals surface area contributed by atoms with Gasteiger partial charge < -0.3 is 10.5 Å². The second-order valence-electron chi connectivity index (χ2n) is 2.15. The van der Waals surface area contributed by atoms with Crippen LogP contribution in [0.25, 0.3) is 0 Å².